The second-order valence-electron chi connectivity index (χ2n) is 3.30. The Morgan fingerprint density at radius 3 is 2.93 bits per heavy atom. The largest absolute Gasteiger partial charge is 0.496 e. The van der Waals surface area contributed by atoms with Crippen LogP contribution in [-0.2, 0) is 11.2 Å². The van der Waals surface area contributed by atoms with Gasteiger partial charge in [0.15, 0.2) is 0 Å². The van der Waals surface area contributed by atoms with Crippen molar-refractivity contribution in [3.63, 3.8) is 0 Å². The summed E-state index contributed by atoms with van der Waals surface area (Å²) in [7, 11) is 1.63. The number of rotatable bonds is 3. The number of benzene rings is 1. The van der Waals surface area contributed by atoms with Crippen molar-refractivity contribution in [1.29, 1.82) is 0 Å². The van der Waals surface area contributed by atoms with Gasteiger partial charge in [-0.15, -0.1) is 0 Å². The molecule has 0 unspecified atom stereocenters. The van der Waals surface area contributed by atoms with Gasteiger partial charge in [0.25, 0.3) is 0 Å². The first-order valence-corrected chi connectivity index (χ1v) is 4.74. The first-order valence-electron chi connectivity index (χ1n) is 4.74. The molecule has 0 fully saturated rings. The number of methoxy groups -OCH3 is 1. The van der Waals surface area contributed by atoms with Crippen molar-refractivity contribution in [2.75, 3.05) is 13.7 Å². The number of carbonyl (C=O) groups is 1. The quantitative estimate of drug-likeness (QED) is 0.790. The molecule has 0 aliphatic carbocycles. The zero-order valence-corrected chi connectivity index (χ0v) is 8.49. The number of nitrogens with zero attached hydrogens (tertiary/aromatic N) is 1. The number of para-hydroxylation sites is 1. The van der Waals surface area contributed by atoms with Crippen molar-refractivity contribution in [2.24, 2.45) is 4.99 Å². The third-order valence-electron chi connectivity index (χ3n) is 2.25. The van der Waals surface area contributed by atoms with Crippen LogP contribution in [0.2, 0.25) is 0 Å². The van der Waals surface area contributed by atoms with E-state index in [2.05, 4.69) is 10.3 Å². The molecule has 1 aromatic carbocycles. The number of aliphatic imine (C=N–C) groups is 1. The highest BCUT2D eigenvalue weighted by atomic mass is 16.5. The summed E-state index contributed by atoms with van der Waals surface area (Å²) in [5.74, 6) is 1.49. The molecule has 2 rings (SSSR count). The average molecular weight is 204 g/mol. The normalized spacial score (nSPS) is 14.7. The summed E-state index contributed by atoms with van der Waals surface area (Å²) in [4.78, 5) is 15.0. The number of nitrogens with one attached hydrogen (secondary N) is 1. The Balaban J connectivity index is 2.14. The molecule has 0 bridgehead atoms. The van der Waals surface area contributed by atoms with Crippen LogP contribution in [-0.4, -0.2) is 25.4 Å². The van der Waals surface area contributed by atoms with Crippen LogP contribution < -0.4 is 10.1 Å². The second-order valence-corrected chi connectivity index (χ2v) is 3.30. The van der Waals surface area contributed by atoms with E-state index in [1.807, 2.05) is 24.3 Å². The van der Waals surface area contributed by atoms with Gasteiger partial charge < -0.3 is 10.1 Å². The number of amidine groups is 1. The first-order chi connectivity index (χ1) is 7.29. The molecule has 0 saturated carbocycles. The lowest BCUT2D eigenvalue weighted by Gasteiger charge is -2.07. The SMILES string of the molecule is COc1ccccc1CC1=NCC(=O)N1. The van der Waals surface area contributed by atoms with E-state index < -0.39 is 0 Å². The predicted molar refractivity (Wildman–Crippen MR) is 57.1 cm³/mol. The zero-order chi connectivity index (χ0) is 10.7. The van der Waals surface area contributed by atoms with Gasteiger partial charge in [-0.3, -0.25) is 9.79 Å². The Morgan fingerprint density at radius 2 is 2.27 bits per heavy atom. The van der Waals surface area contributed by atoms with Crippen LogP contribution in [0.5, 0.6) is 5.75 Å². The minimum atomic E-state index is -0.0418. The fourth-order valence-corrected chi connectivity index (χ4v) is 1.54. The molecule has 4 heteroatoms. The van der Waals surface area contributed by atoms with Crippen LogP contribution in [0.25, 0.3) is 0 Å². The van der Waals surface area contributed by atoms with Crippen LogP contribution in [0.4, 0.5) is 0 Å². The standard InChI is InChI=1S/C11H12N2O2/c1-15-9-5-3-2-4-8(9)6-10-12-7-11(14)13-10/h2-5H,6-7H2,1H3,(H,12,13,14). The van der Waals surface area contributed by atoms with Crippen molar-refractivity contribution in [3.05, 3.63) is 29.8 Å². The van der Waals surface area contributed by atoms with Crippen molar-refractivity contribution in [1.82, 2.24) is 5.32 Å². The van der Waals surface area contributed by atoms with Crippen LogP contribution in [0.1, 0.15) is 5.56 Å². The van der Waals surface area contributed by atoms with Crippen molar-refractivity contribution in [3.8, 4) is 5.75 Å². The van der Waals surface area contributed by atoms with E-state index in [4.69, 9.17) is 4.74 Å². The number of ether oxygens (including phenoxy) is 1. The molecule has 1 aromatic rings. The Hall–Kier alpha value is -1.84. The molecule has 0 saturated heterocycles. The van der Waals surface area contributed by atoms with Crippen LogP contribution in [0, 0.1) is 0 Å². The summed E-state index contributed by atoms with van der Waals surface area (Å²) in [5.41, 5.74) is 1.03. The highest BCUT2D eigenvalue weighted by Crippen LogP contribution is 2.18. The molecule has 0 atom stereocenters. The molecule has 0 spiro atoms. The monoisotopic (exact) mass is 204 g/mol. The molecule has 15 heavy (non-hydrogen) atoms. The van der Waals surface area contributed by atoms with Gasteiger partial charge in [0.2, 0.25) is 5.91 Å². The number of amides is 1. The third kappa shape index (κ3) is 2.15. The fraction of sp³-hybridized carbons (Fsp3) is 0.273. The van der Waals surface area contributed by atoms with E-state index in [0.29, 0.717) is 12.3 Å². The van der Waals surface area contributed by atoms with Crippen LogP contribution in [0.3, 0.4) is 0 Å². The van der Waals surface area contributed by atoms with Gasteiger partial charge in [-0.25, -0.2) is 0 Å². The topological polar surface area (TPSA) is 50.7 Å². The molecule has 0 aromatic heterocycles. The van der Waals surface area contributed by atoms with Crippen molar-refractivity contribution in [2.45, 2.75) is 6.42 Å². The Labute approximate surface area is 88.0 Å². The van der Waals surface area contributed by atoms with E-state index >= 15 is 0 Å². The maximum absolute atomic E-state index is 10.9. The molecule has 1 aliphatic heterocycles. The summed E-state index contributed by atoms with van der Waals surface area (Å²) in [6.07, 6.45) is 0.607. The summed E-state index contributed by atoms with van der Waals surface area (Å²) in [6.45, 7) is 0.241. The van der Waals surface area contributed by atoms with Crippen molar-refractivity contribution >= 4 is 11.7 Å². The molecule has 4 nitrogen and oxygen atoms in total. The maximum atomic E-state index is 10.9. The first kappa shape index (κ1) is 9.71. The van der Waals surface area contributed by atoms with E-state index in [1.165, 1.54) is 0 Å². The molecule has 1 amide bonds. The molecular weight excluding hydrogens is 192 g/mol. The highest BCUT2D eigenvalue weighted by Gasteiger charge is 2.14. The lowest BCUT2D eigenvalue weighted by atomic mass is 10.1. The zero-order valence-electron chi connectivity index (χ0n) is 8.49. The van der Waals surface area contributed by atoms with Crippen molar-refractivity contribution < 1.29 is 9.53 Å². The summed E-state index contributed by atoms with van der Waals surface area (Å²) < 4.78 is 5.21. The Kier molecular flexibility index (Phi) is 2.67. The van der Waals surface area contributed by atoms with Crippen LogP contribution >= 0.6 is 0 Å². The van der Waals surface area contributed by atoms with Gasteiger partial charge in [0.1, 0.15) is 18.1 Å². The lowest BCUT2D eigenvalue weighted by Crippen LogP contribution is -2.26. The minimum Gasteiger partial charge on any atom is -0.496 e. The van der Waals surface area contributed by atoms with Gasteiger partial charge in [-0.1, -0.05) is 18.2 Å². The summed E-state index contributed by atoms with van der Waals surface area (Å²) in [5, 5.41) is 2.71. The molecule has 1 N–H and O–H groups in total. The number of hydrogen-bond donors (Lipinski definition) is 1. The number of carbonyl (C=O) groups excluding carboxylic acids is 1. The minimum absolute atomic E-state index is 0.0418. The number of hydrogen-bond acceptors (Lipinski definition) is 3. The van der Waals surface area contributed by atoms with E-state index in [1.54, 1.807) is 7.11 Å². The molecule has 1 aliphatic rings. The second kappa shape index (κ2) is 4.13. The van der Waals surface area contributed by atoms with E-state index in [0.717, 1.165) is 11.3 Å². The van der Waals surface area contributed by atoms with E-state index in [-0.39, 0.29) is 12.5 Å². The van der Waals surface area contributed by atoms with Gasteiger partial charge in [0.05, 0.1) is 7.11 Å². The van der Waals surface area contributed by atoms with Gasteiger partial charge in [-0.05, 0) is 6.07 Å². The van der Waals surface area contributed by atoms with E-state index in [9.17, 15) is 4.79 Å². The van der Waals surface area contributed by atoms with Crippen LogP contribution in [0.15, 0.2) is 29.3 Å². The maximum Gasteiger partial charge on any atom is 0.247 e. The fourth-order valence-electron chi connectivity index (χ4n) is 1.54. The summed E-state index contributed by atoms with van der Waals surface area (Å²) >= 11 is 0. The molecular formula is C11H12N2O2. The third-order valence-corrected chi connectivity index (χ3v) is 2.25. The Morgan fingerprint density at radius 1 is 1.47 bits per heavy atom. The Bertz CT molecular complexity index is 413. The van der Waals surface area contributed by atoms with Gasteiger partial charge in [0, 0.05) is 12.0 Å². The average Bonchev–Trinajstić information content (AvgIpc) is 2.65. The van der Waals surface area contributed by atoms with Gasteiger partial charge >= 0.3 is 0 Å². The molecule has 78 valence electrons. The smallest absolute Gasteiger partial charge is 0.247 e. The predicted octanol–water partition coefficient (Wildman–Crippen LogP) is 0.766. The molecule has 0 radical (unpaired) electrons. The lowest BCUT2D eigenvalue weighted by molar-refractivity contribution is -0.117. The highest BCUT2D eigenvalue weighted by molar-refractivity contribution is 6.04. The molecule has 1 heterocycles. The summed E-state index contributed by atoms with van der Waals surface area (Å²) in [6, 6.07) is 7.71. The van der Waals surface area contributed by atoms with Gasteiger partial charge in [-0.2, -0.15) is 0 Å².